The van der Waals surface area contributed by atoms with E-state index in [1.54, 1.807) is 92.0 Å². The lowest BCUT2D eigenvalue weighted by Crippen LogP contribution is -2.67. The molecule has 0 aromatic heterocycles. The molecule has 8 atom stereocenters. The van der Waals surface area contributed by atoms with Crippen molar-refractivity contribution in [1.82, 2.24) is 5.32 Å². The quantitative estimate of drug-likeness (QED) is 0.0346. The molecular weight excluding hydrogens is 807 g/mol. The number of carboxylic acid groups (broad SMARTS) is 2. The average Bonchev–Trinajstić information content (AvgIpc) is 3.24. The van der Waals surface area contributed by atoms with Gasteiger partial charge in [-0.3, -0.25) is 4.79 Å². The Kier molecular flexibility index (Phi) is 45.4. The second-order valence-electron chi connectivity index (χ2n) is 14.7. The van der Waals surface area contributed by atoms with Crippen LogP contribution in [0.4, 0.5) is 0 Å². The number of nitrogens with one attached hydrogen (secondary N) is 1. The SMILES string of the molecule is CCCC[C@H](O)\C=C/C=C/C=C/[C@H](O)C/C=C\C=C\[C@@H](O)CC.CC[C@H](O)/C=C/C=C\C[C@@H](O)/C=C/C=C/C=C\[C@@H](O)CCCC(=O)[O-].C[C@H]([NH3+])C(=O)N[C@@H](CCCC[NH3+])C(=O)[O-]. The average molecular weight is 888 g/mol. The molecule has 0 saturated carbocycles. The number of aliphatic hydroxyl groups excluding tert-OH is 6. The molecule has 63 heavy (non-hydrogen) atoms. The van der Waals surface area contributed by atoms with E-state index >= 15 is 0 Å². The van der Waals surface area contributed by atoms with Crippen LogP contribution in [0.3, 0.4) is 0 Å². The highest BCUT2D eigenvalue weighted by Crippen LogP contribution is 2.04. The van der Waals surface area contributed by atoms with E-state index in [1.807, 2.05) is 50.3 Å². The number of carboxylic acids is 2. The molecule has 14 nitrogen and oxygen atoms in total. The number of amides is 1. The van der Waals surface area contributed by atoms with E-state index in [2.05, 4.69) is 23.7 Å². The standard InChI is InChI=1S/C20H30O5.C20H32O3.C9H19N3O3/c1-2-17(21)11-8-5-9-14-18(22)12-6-3-4-7-13-19(23)15-10-16-20(24)25;1-3-5-13-19(22)15-9-6-7-10-16-20(23)17-12-8-11-14-18(21)4-2;1-6(11)8(13)12-7(9(14)15)4-2-3-5-10/h3-9,11-13,17-19,21-23H,2,10,14-16H2,1H3,(H,24,25);6-12,14-16,18-23H,3-5,13,17H2,1-2H3;6-7H,2-5,10-11H2,1H3,(H,12,13)(H,14,15)/b4-3+,9-5-,11-8+,12-6+,13-7-;7-6+,12-8-,14-11+,15-9-,16-10+;/t17-,18-,19+;18-,19-,20-;6-,7-/m000/s1. The number of unbranched alkanes of at least 4 members (excludes halogenated alkanes) is 2. The molecule has 1 amide bonds. The second-order valence-corrected chi connectivity index (χ2v) is 14.7. The molecule has 0 spiro atoms. The van der Waals surface area contributed by atoms with Crippen LogP contribution in [-0.4, -0.2) is 104 Å². The maximum absolute atomic E-state index is 11.2. The summed E-state index contributed by atoms with van der Waals surface area (Å²) in [6, 6.07) is -1.37. The third-order valence-corrected chi connectivity index (χ3v) is 8.53. The van der Waals surface area contributed by atoms with Crippen LogP contribution in [0.25, 0.3) is 0 Å². The number of hydrogen-bond acceptors (Lipinski definition) is 11. The molecule has 0 rings (SSSR count). The normalized spacial score (nSPS) is 16.3. The zero-order valence-electron chi connectivity index (χ0n) is 38.2. The van der Waals surface area contributed by atoms with Gasteiger partial charge in [0, 0.05) is 5.97 Å². The predicted octanol–water partition coefficient (Wildman–Crippen LogP) is 1.67. The Morgan fingerprint density at radius 1 is 0.540 bits per heavy atom. The molecular formula is C49H81N3O11. The first-order valence-electron chi connectivity index (χ1n) is 22.2. The zero-order valence-corrected chi connectivity index (χ0v) is 38.2. The molecule has 0 aromatic carbocycles. The van der Waals surface area contributed by atoms with Crippen molar-refractivity contribution in [3.8, 4) is 0 Å². The summed E-state index contributed by atoms with van der Waals surface area (Å²) in [5, 5.41) is 80.6. The zero-order chi connectivity index (χ0) is 48.1. The van der Waals surface area contributed by atoms with Gasteiger partial charge >= 0.3 is 0 Å². The number of carbonyl (C=O) groups excluding carboxylic acids is 3. The molecule has 0 aliphatic rings. The first kappa shape index (κ1) is 62.8. The van der Waals surface area contributed by atoms with Crippen molar-refractivity contribution < 1.29 is 66.7 Å². The van der Waals surface area contributed by atoms with E-state index in [9.17, 15) is 55.2 Å². The maximum atomic E-state index is 11.2. The minimum Gasteiger partial charge on any atom is -0.550 e. The molecule has 0 bridgehead atoms. The first-order valence-corrected chi connectivity index (χ1v) is 22.2. The van der Waals surface area contributed by atoms with Crippen LogP contribution in [-0.2, 0) is 14.4 Å². The summed E-state index contributed by atoms with van der Waals surface area (Å²) in [6.07, 6.45) is 40.0. The van der Waals surface area contributed by atoms with Gasteiger partial charge in [-0.25, -0.2) is 0 Å². The lowest BCUT2D eigenvalue weighted by molar-refractivity contribution is -0.398. The number of hydrogen-bond donors (Lipinski definition) is 9. The number of allylic oxidation sites excluding steroid dienone is 12. The Labute approximate surface area is 376 Å². The number of carbonyl (C=O) groups is 3. The van der Waals surface area contributed by atoms with Crippen molar-refractivity contribution in [2.45, 2.75) is 160 Å². The van der Waals surface area contributed by atoms with Gasteiger partial charge in [0.05, 0.1) is 55.2 Å². The van der Waals surface area contributed by atoms with Crippen LogP contribution < -0.4 is 27.0 Å². The predicted molar refractivity (Wildman–Crippen MR) is 247 cm³/mol. The van der Waals surface area contributed by atoms with Gasteiger partial charge in [0.2, 0.25) is 0 Å². The summed E-state index contributed by atoms with van der Waals surface area (Å²) in [5.74, 6) is -2.71. The third kappa shape index (κ3) is 48.4. The molecule has 0 aromatic rings. The summed E-state index contributed by atoms with van der Waals surface area (Å²) in [7, 11) is 0. The van der Waals surface area contributed by atoms with Crippen molar-refractivity contribution in [1.29, 1.82) is 0 Å². The van der Waals surface area contributed by atoms with E-state index in [0.29, 0.717) is 51.4 Å². The van der Waals surface area contributed by atoms with E-state index in [-0.39, 0.29) is 18.4 Å². The summed E-state index contributed by atoms with van der Waals surface area (Å²) < 4.78 is 0. The molecule has 0 aliphatic heterocycles. The van der Waals surface area contributed by atoms with Crippen LogP contribution >= 0.6 is 0 Å². The van der Waals surface area contributed by atoms with Gasteiger partial charge in [0.1, 0.15) is 0 Å². The highest BCUT2D eigenvalue weighted by molar-refractivity contribution is 5.84. The van der Waals surface area contributed by atoms with E-state index < -0.39 is 54.5 Å². The van der Waals surface area contributed by atoms with Gasteiger partial charge in [0.15, 0.2) is 6.04 Å². The summed E-state index contributed by atoms with van der Waals surface area (Å²) in [4.78, 5) is 32.1. The fourth-order valence-corrected chi connectivity index (χ4v) is 4.58. The van der Waals surface area contributed by atoms with Crippen molar-refractivity contribution in [2.75, 3.05) is 6.54 Å². The molecule has 0 fully saturated rings. The minimum atomic E-state index is -1.24. The second kappa shape index (κ2) is 45.5. The molecule has 13 N–H and O–H groups in total. The first-order chi connectivity index (χ1) is 30.0. The van der Waals surface area contributed by atoms with E-state index in [4.69, 9.17) is 0 Å². The fraction of sp³-hybridized carbons (Fsp3) is 0.531. The van der Waals surface area contributed by atoms with Crippen LogP contribution in [0.5, 0.6) is 0 Å². The van der Waals surface area contributed by atoms with E-state index in [0.717, 1.165) is 32.2 Å². The smallest absolute Gasteiger partial charge is 0.278 e. The summed E-state index contributed by atoms with van der Waals surface area (Å²) >= 11 is 0. The van der Waals surface area contributed by atoms with Crippen molar-refractivity contribution >= 4 is 17.8 Å². The van der Waals surface area contributed by atoms with Crippen molar-refractivity contribution in [3.63, 3.8) is 0 Å². The molecule has 0 unspecified atom stereocenters. The van der Waals surface area contributed by atoms with Crippen LogP contribution in [0, 0.1) is 0 Å². The maximum Gasteiger partial charge on any atom is 0.278 e. The topological polar surface area (TPSA) is 286 Å². The summed E-state index contributed by atoms with van der Waals surface area (Å²) in [6.45, 7) is 8.29. The summed E-state index contributed by atoms with van der Waals surface area (Å²) in [5.41, 5.74) is 7.17. The third-order valence-electron chi connectivity index (χ3n) is 8.53. The Balaban J connectivity index is -0.000000884. The fourth-order valence-electron chi connectivity index (χ4n) is 4.58. The van der Waals surface area contributed by atoms with Gasteiger partial charge in [-0.1, -0.05) is 155 Å². The molecule has 0 saturated heterocycles. The van der Waals surface area contributed by atoms with Gasteiger partial charge in [-0.2, -0.15) is 0 Å². The highest BCUT2D eigenvalue weighted by atomic mass is 16.4. The van der Waals surface area contributed by atoms with Crippen LogP contribution in [0.15, 0.2) is 122 Å². The van der Waals surface area contributed by atoms with Gasteiger partial charge in [-0.05, 0) is 77.6 Å². The highest BCUT2D eigenvalue weighted by Gasteiger charge is 2.17. The Morgan fingerprint density at radius 3 is 1.30 bits per heavy atom. The number of rotatable bonds is 32. The Hall–Kier alpha value is -4.51. The molecule has 0 aliphatic carbocycles. The number of quaternary nitrogens is 2. The van der Waals surface area contributed by atoms with Crippen LogP contribution in [0.1, 0.15) is 111 Å². The van der Waals surface area contributed by atoms with Gasteiger partial charge in [-0.15, -0.1) is 0 Å². The van der Waals surface area contributed by atoms with Gasteiger partial charge in [0.25, 0.3) is 5.91 Å². The van der Waals surface area contributed by atoms with Crippen LogP contribution in [0.2, 0.25) is 0 Å². The van der Waals surface area contributed by atoms with Crippen molar-refractivity contribution in [2.24, 2.45) is 0 Å². The number of aliphatic carboxylic acids is 2. The lowest BCUT2D eigenvalue weighted by atomic mass is 10.1. The Bertz CT molecular complexity index is 1450. The molecule has 358 valence electrons. The lowest BCUT2D eigenvalue weighted by Gasteiger charge is -2.19. The minimum absolute atomic E-state index is 0.0508. The van der Waals surface area contributed by atoms with E-state index in [1.165, 1.54) is 0 Å². The number of aliphatic hydroxyl groups is 6. The molecule has 0 heterocycles. The monoisotopic (exact) mass is 888 g/mol. The Morgan fingerprint density at radius 2 is 0.937 bits per heavy atom. The molecule has 0 radical (unpaired) electrons. The van der Waals surface area contributed by atoms with Crippen molar-refractivity contribution in [3.05, 3.63) is 122 Å². The van der Waals surface area contributed by atoms with Gasteiger partial charge < -0.3 is 67.2 Å². The molecule has 14 heteroatoms. The largest absolute Gasteiger partial charge is 0.550 e.